The fraction of sp³-hybridized carbons (Fsp3) is 0.0682. The second-order valence-corrected chi connectivity index (χ2v) is 12.4. The Labute approximate surface area is 292 Å². The van der Waals surface area contributed by atoms with Crippen molar-refractivity contribution in [3.63, 3.8) is 0 Å². The van der Waals surface area contributed by atoms with Gasteiger partial charge in [-0.2, -0.15) is 0 Å². The summed E-state index contributed by atoms with van der Waals surface area (Å²) in [5.74, 6) is 0.187. The fourth-order valence-electron chi connectivity index (χ4n) is 7.39. The molecule has 3 aromatic heterocycles. The largest absolute Gasteiger partial charge is 0.334 e. The molecule has 3 N–H and O–H groups in total. The zero-order valence-electron chi connectivity index (χ0n) is 27.6. The van der Waals surface area contributed by atoms with Crippen LogP contribution in [-0.2, 0) is 0 Å². The van der Waals surface area contributed by atoms with Crippen LogP contribution in [0.5, 0.6) is 0 Å². The molecule has 6 nitrogen and oxygen atoms in total. The molecule has 8 rings (SSSR count). The molecule has 6 heteroatoms. The van der Waals surface area contributed by atoms with E-state index in [9.17, 15) is 0 Å². The molecule has 7 aromatic rings. The third-order valence-electron chi connectivity index (χ3n) is 9.74. The number of hydrogen-bond donors (Lipinski definition) is 2. The Balaban J connectivity index is 1.19. The molecule has 242 valence electrons. The van der Waals surface area contributed by atoms with E-state index >= 15 is 0 Å². The molecule has 0 saturated heterocycles. The monoisotopic (exact) mass is 648 g/mol. The minimum atomic E-state index is 0.0761. The summed E-state index contributed by atoms with van der Waals surface area (Å²) < 4.78 is 2.16. The topological polar surface area (TPSA) is 83.8 Å². The van der Waals surface area contributed by atoms with Gasteiger partial charge in [0.15, 0.2) is 0 Å². The van der Waals surface area contributed by atoms with Crippen LogP contribution in [-0.4, -0.2) is 33.3 Å². The molecule has 0 aliphatic carbocycles. The van der Waals surface area contributed by atoms with Crippen molar-refractivity contribution in [1.82, 2.24) is 14.5 Å². The molecule has 0 spiro atoms. The highest BCUT2D eigenvalue weighted by Crippen LogP contribution is 2.45. The lowest BCUT2D eigenvalue weighted by Gasteiger charge is -2.28. The predicted octanol–water partition coefficient (Wildman–Crippen LogP) is 9.81. The summed E-state index contributed by atoms with van der Waals surface area (Å²) in [6.45, 7) is 8.78. The van der Waals surface area contributed by atoms with E-state index in [0.29, 0.717) is 6.54 Å². The van der Waals surface area contributed by atoms with Crippen molar-refractivity contribution in [3.05, 3.63) is 170 Å². The lowest BCUT2D eigenvalue weighted by Crippen LogP contribution is -2.31. The average molecular weight is 649 g/mol. The number of benzene rings is 4. The highest BCUT2D eigenvalue weighted by Gasteiger charge is 2.36. The molecule has 4 aromatic carbocycles. The zero-order valence-corrected chi connectivity index (χ0v) is 27.6. The van der Waals surface area contributed by atoms with Gasteiger partial charge in [-0.3, -0.25) is 4.98 Å². The Kier molecular flexibility index (Phi) is 7.99. The maximum absolute atomic E-state index is 8.08. The van der Waals surface area contributed by atoms with Gasteiger partial charge in [-0.05, 0) is 83.4 Å². The van der Waals surface area contributed by atoms with Crippen LogP contribution in [0, 0.1) is 5.41 Å². The number of nitrogens with one attached hydrogen (secondary N) is 1. The molecule has 0 saturated carbocycles. The molecular formula is C44H36N6. The van der Waals surface area contributed by atoms with Gasteiger partial charge < -0.3 is 20.6 Å². The Morgan fingerprint density at radius 1 is 0.720 bits per heavy atom. The van der Waals surface area contributed by atoms with Gasteiger partial charge in [0.2, 0.25) is 0 Å². The summed E-state index contributed by atoms with van der Waals surface area (Å²) in [6.07, 6.45) is 7.04. The summed E-state index contributed by atoms with van der Waals surface area (Å²) in [4.78, 5) is 12.1. The van der Waals surface area contributed by atoms with Gasteiger partial charge in [0.05, 0.1) is 34.3 Å². The summed E-state index contributed by atoms with van der Waals surface area (Å²) >= 11 is 0. The molecule has 0 radical (unpaired) electrons. The Bertz CT molecular complexity index is 2370. The number of anilines is 2. The summed E-state index contributed by atoms with van der Waals surface area (Å²) in [5.41, 5.74) is 19.2. The van der Waals surface area contributed by atoms with Gasteiger partial charge in [-0.1, -0.05) is 79.4 Å². The molecule has 4 heterocycles. The number of fused-ring (bicyclic) bond motifs is 2. The number of hydrogen-bond acceptors (Lipinski definition) is 5. The number of aromatic nitrogens is 3. The van der Waals surface area contributed by atoms with Crippen molar-refractivity contribution in [1.29, 1.82) is 5.41 Å². The maximum atomic E-state index is 8.08. The standard InChI is InChI=1S/C44H36N6/c1-3-41-36(27-45)34-11-5-7-14-43(34)49(41)32-20-16-29(17-21-32)31-25-39(48-40(26-31)38-13-9-10-24-47-38)30-18-22-33(23-19-30)50-42(4-2)37(28-46)35-12-6-8-15-44(35)50/h3-27,37,42,45H,1-2,28,46H2. The van der Waals surface area contributed by atoms with E-state index in [2.05, 4.69) is 125 Å². The summed E-state index contributed by atoms with van der Waals surface area (Å²) in [5, 5.41) is 9.11. The van der Waals surface area contributed by atoms with Crippen LogP contribution in [0.4, 0.5) is 11.4 Å². The van der Waals surface area contributed by atoms with Crippen LogP contribution in [0.3, 0.4) is 0 Å². The number of para-hydroxylation sites is 2. The van der Waals surface area contributed by atoms with Crippen LogP contribution in [0.1, 0.15) is 22.7 Å². The van der Waals surface area contributed by atoms with Gasteiger partial charge in [0.25, 0.3) is 0 Å². The summed E-state index contributed by atoms with van der Waals surface area (Å²) in [6, 6.07) is 44.0. The predicted molar refractivity (Wildman–Crippen MR) is 208 cm³/mol. The van der Waals surface area contributed by atoms with Gasteiger partial charge in [-0.25, -0.2) is 4.98 Å². The first-order valence-electron chi connectivity index (χ1n) is 16.8. The smallest absolute Gasteiger partial charge is 0.0899 e. The maximum Gasteiger partial charge on any atom is 0.0899 e. The Morgan fingerprint density at radius 2 is 1.42 bits per heavy atom. The highest BCUT2D eigenvalue weighted by atomic mass is 15.2. The third-order valence-corrected chi connectivity index (χ3v) is 9.74. The molecular weight excluding hydrogens is 613 g/mol. The van der Waals surface area contributed by atoms with E-state index in [0.717, 1.165) is 67.3 Å². The van der Waals surface area contributed by atoms with Gasteiger partial charge >= 0.3 is 0 Å². The van der Waals surface area contributed by atoms with Crippen molar-refractivity contribution >= 4 is 34.6 Å². The molecule has 0 fully saturated rings. The Hall–Kier alpha value is -6.37. The Morgan fingerprint density at radius 3 is 2.14 bits per heavy atom. The van der Waals surface area contributed by atoms with Crippen molar-refractivity contribution in [2.45, 2.75) is 12.0 Å². The lowest BCUT2D eigenvalue weighted by atomic mass is 9.95. The van der Waals surface area contributed by atoms with Crippen LogP contribution >= 0.6 is 0 Å². The molecule has 0 bridgehead atoms. The normalized spacial score (nSPS) is 15.2. The van der Waals surface area contributed by atoms with Crippen LogP contribution in [0.2, 0.25) is 0 Å². The van der Waals surface area contributed by atoms with Crippen LogP contribution in [0.25, 0.3) is 56.4 Å². The number of nitrogens with two attached hydrogens (primary N) is 1. The van der Waals surface area contributed by atoms with Gasteiger partial charge in [-0.15, -0.1) is 6.58 Å². The summed E-state index contributed by atoms with van der Waals surface area (Å²) in [7, 11) is 0. The number of pyridine rings is 2. The van der Waals surface area contributed by atoms with Crippen molar-refractivity contribution in [2.75, 3.05) is 11.4 Å². The first kappa shape index (κ1) is 30.9. The molecule has 50 heavy (non-hydrogen) atoms. The molecule has 0 amide bonds. The fourth-order valence-corrected chi connectivity index (χ4v) is 7.39. The highest BCUT2D eigenvalue weighted by molar-refractivity contribution is 6.03. The quantitative estimate of drug-likeness (QED) is 0.121. The first-order valence-corrected chi connectivity index (χ1v) is 16.8. The van der Waals surface area contributed by atoms with Crippen molar-refractivity contribution in [3.8, 4) is 39.5 Å². The minimum Gasteiger partial charge on any atom is -0.334 e. The second kappa shape index (κ2) is 12.9. The van der Waals surface area contributed by atoms with Crippen molar-refractivity contribution < 1.29 is 0 Å². The van der Waals surface area contributed by atoms with Crippen LogP contribution < -0.4 is 10.6 Å². The SMILES string of the molecule is C=Cc1c(C=N)c2ccccc2n1-c1ccc(-c2cc(-c3ccc(N4c5ccccc5C(CN)C4C=C)cc3)nc(-c3ccccn3)c2)cc1. The van der Waals surface area contributed by atoms with E-state index < -0.39 is 0 Å². The molecule has 1 aliphatic rings. The zero-order chi connectivity index (χ0) is 34.2. The number of nitrogens with zero attached hydrogens (tertiary/aromatic N) is 4. The number of rotatable bonds is 9. The van der Waals surface area contributed by atoms with E-state index in [4.69, 9.17) is 16.1 Å². The lowest BCUT2D eigenvalue weighted by molar-refractivity contribution is 0.650. The molecule has 1 aliphatic heterocycles. The van der Waals surface area contributed by atoms with E-state index in [1.165, 1.54) is 17.5 Å². The van der Waals surface area contributed by atoms with Crippen LogP contribution in [0.15, 0.2) is 153 Å². The molecule has 2 atom stereocenters. The van der Waals surface area contributed by atoms with Crippen molar-refractivity contribution in [2.24, 2.45) is 5.73 Å². The van der Waals surface area contributed by atoms with E-state index in [1.807, 2.05) is 42.5 Å². The van der Waals surface area contributed by atoms with E-state index in [-0.39, 0.29) is 12.0 Å². The van der Waals surface area contributed by atoms with Gasteiger partial charge in [0, 0.05) is 58.4 Å². The third kappa shape index (κ3) is 5.14. The second-order valence-electron chi connectivity index (χ2n) is 12.4. The van der Waals surface area contributed by atoms with E-state index in [1.54, 1.807) is 6.20 Å². The average Bonchev–Trinajstić information content (AvgIpc) is 3.70. The first-order chi connectivity index (χ1) is 24.6. The minimum absolute atomic E-state index is 0.0761. The van der Waals surface area contributed by atoms with Gasteiger partial charge in [0.1, 0.15) is 0 Å². The molecule has 2 unspecified atom stereocenters.